The number of nitrogens with one attached hydrogen (secondary N) is 1. The maximum Gasteiger partial charge on any atom is 0.163 e. The van der Waals surface area contributed by atoms with Crippen LogP contribution in [0.3, 0.4) is 0 Å². The van der Waals surface area contributed by atoms with Gasteiger partial charge in [-0.2, -0.15) is 0 Å². The van der Waals surface area contributed by atoms with Crippen molar-refractivity contribution in [3.63, 3.8) is 0 Å². The molecule has 2 aromatic rings. The van der Waals surface area contributed by atoms with Crippen molar-refractivity contribution in [1.29, 1.82) is 0 Å². The number of anilines is 3. The number of nitrogens with two attached hydrogens (primary N) is 1. The fourth-order valence-corrected chi connectivity index (χ4v) is 1.91. The Bertz CT molecular complexity index is 570. The van der Waals surface area contributed by atoms with Crippen LogP contribution in [0, 0.1) is 0 Å². The lowest BCUT2D eigenvalue weighted by molar-refractivity contribution is 0.288. The molecule has 4 nitrogen and oxygen atoms in total. The normalized spacial score (nSPS) is 10.1. The van der Waals surface area contributed by atoms with Crippen LogP contribution >= 0.6 is 0 Å². The van der Waals surface area contributed by atoms with Crippen LogP contribution in [0.2, 0.25) is 0 Å². The second-order valence-corrected chi connectivity index (χ2v) is 4.28. The van der Waals surface area contributed by atoms with Gasteiger partial charge in [-0.25, -0.2) is 0 Å². The molecule has 0 unspecified atom stereocenters. The summed E-state index contributed by atoms with van der Waals surface area (Å²) in [5.74, 6) is 1.50. The third-order valence-electron chi connectivity index (χ3n) is 2.72. The Kier molecular flexibility index (Phi) is 4.71. The molecule has 0 heterocycles. The molecule has 0 spiro atoms. The molecule has 20 heavy (non-hydrogen) atoms. The third kappa shape index (κ3) is 3.57. The van der Waals surface area contributed by atoms with Gasteiger partial charge >= 0.3 is 0 Å². The molecule has 4 heteroatoms. The molecule has 0 bridgehead atoms. The lowest BCUT2D eigenvalue weighted by Crippen LogP contribution is -1.99. The van der Waals surface area contributed by atoms with E-state index in [4.69, 9.17) is 15.2 Å². The average molecular weight is 272 g/mol. The minimum Gasteiger partial charge on any atom is -0.490 e. The fourth-order valence-electron chi connectivity index (χ4n) is 1.91. The molecule has 0 aliphatic heterocycles. The van der Waals surface area contributed by atoms with Crippen LogP contribution in [0.15, 0.2) is 42.5 Å². The monoisotopic (exact) mass is 272 g/mol. The van der Waals surface area contributed by atoms with E-state index in [-0.39, 0.29) is 0 Å². The van der Waals surface area contributed by atoms with E-state index >= 15 is 0 Å². The summed E-state index contributed by atoms with van der Waals surface area (Å²) < 4.78 is 11.1. The van der Waals surface area contributed by atoms with Gasteiger partial charge in [-0.05, 0) is 44.2 Å². The van der Waals surface area contributed by atoms with Crippen LogP contribution < -0.4 is 20.5 Å². The zero-order chi connectivity index (χ0) is 14.4. The number of nitrogen functional groups attached to an aromatic ring is 1. The van der Waals surface area contributed by atoms with Gasteiger partial charge in [0, 0.05) is 23.1 Å². The molecule has 3 N–H and O–H groups in total. The number of hydrogen-bond acceptors (Lipinski definition) is 4. The highest BCUT2D eigenvalue weighted by molar-refractivity contribution is 5.66. The van der Waals surface area contributed by atoms with Gasteiger partial charge in [0.15, 0.2) is 11.5 Å². The third-order valence-corrected chi connectivity index (χ3v) is 2.72. The van der Waals surface area contributed by atoms with Gasteiger partial charge in [0.05, 0.1) is 13.2 Å². The van der Waals surface area contributed by atoms with Gasteiger partial charge < -0.3 is 20.5 Å². The van der Waals surface area contributed by atoms with Crippen LogP contribution in [0.4, 0.5) is 17.1 Å². The molecule has 0 aliphatic carbocycles. The molecule has 0 fully saturated rings. The van der Waals surface area contributed by atoms with E-state index in [0.717, 1.165) is 28.6 Å². The predicted molar refractivity (Wildman–Crippen MR) is 82.9 cm³/mol. The topological polar surface area (TPSA) is 56.5 Å². The second kappa shape index (κ2) is 6.70. The molecule has 0 aliphatic rings. The van der Waals surface area contributed by atoms with Crippen LogP contribution in [0.25, 0.3) is 0 Å². The standard InChI is InChI=1S/C16H20N2O2/c1-3-19-15-9-8-14(11-16(15)20-4-2)18-13-7-5-6-12(17)10-13/h5-11,18H,3-4,17H2,1-2H3. The Morgan fingerprint density at radius 1 is 0.900 bits per heavy atom. The Morgan fingerprint density at radius 3 is 2.30 bits per heavy atom. The van der Waals surface area contributed by atoms with E-state index in [1.807, 2.05) is 56.3 Å². The summed E-state index contributed by atoms with van der Waals surface area (Å²) in [6, 6.07) is 13.4. The Hall–Kier alpha value is -2.36. The van der Waals surface area contributed by atoms with Crippen LogP contribution in [-0.2, 0) is 0 Å². The van der Waals surface area contributed by atoms with Crippen molar-refractivity contribution in [2.24, 2.45) is 0 Å². The van der Waals surface area contributed by atoms with Crippen LogP contribution in [0.5, 0.6) is 11.5 Å². The van der Waals surface area contributed by atoms with Gasteiger partial charge in [-0.15, -0.1) is 0 Å². The SMILES string of the molecule is CCOc1ccc(Nc2cccc(N)c2)cc1OCC. The Morgan fingerprint density at radius 2 is 1.60 bits per heavy atom. The summed E-state index contributed by atoms with van der Waals surface area (Å²) in [6.07, 6.45) is 0. The smallest absolute Gasteiger partial charge is 0.163 e. The van der Waals surface area contributed by atoms with Gasteiger partial charge in [0.2, 0.25) is 0 Å². The largest absolute Gasteiger partial charge is 0.490 e. The number of hydrogen-bond donors (Lipinski definition) is 2. The van der Waals surface area contributed by atoms with E-state index in [1.165, 1.54) is 0 Å². The highest BCUT2D eigenvalue weighted by Gasteiger charge is 2.06. The number of rotatable bonds is 6. The minimum absolute atomic E-state index is 0.599. The molecular weight excluding hydrogens is 252 g/mol. The van der Waals surface area contributed by atoms with Crippen LogP contribution in [-0.4, -0.2) is 13.2 Å². The molecule has 0 saturated carbocycles. The average Bonchev–Trinajstić information content (AvgIpc) is 2.42. The van der Waals surface area contributed by atoms with Crippen molar-refractivity contribution in [2.75, 3.05) is 24.3 Å². The van der Waals surface area contributed by atoms with E-state index < -0.39 is 0 Å². The molecule has 106 valence electrons. The summed E-state index contributed by atoms with van der Waals surface area (Å²) in [5.41, 5.74) is 8.37. The van der Waals surface area contributed by atoms with E-state index in [0.29, 0.717) is 13.2 Å². The maximum atomic E-state index is 5.77. The fraction of sp³-hybridized carbons (Fsp3) is 0.250. The van der Waals surface area contributed by atoms with Crippen molar-refractivity contribution in [3.05, 3.63) is 42.5 Å². The highest BCUT2D eigenvalue weighted by atomic mass is 16.5. The summed E-state index contributed by atoms with van der Waals surface area (Å²) in [4.78, 5) is 0. The molecular formula is C16H20N2O2. The molecule has 2 aromatic carbocycles. The summed E-state index contributed by atoms with van der Waals surface area (Å²) in [7, 11) is 0. The molecule has 2 rings (SSSR count). The van der Waals surface area contributed by atoms with Gasteiger partial charge in [0.1, 0.15) is 0 Å². The number of benzene rings is 2. The maximum absolute atomic E-state index is 5.77. The molecule has 0 saturated heterocycles. The predicted octanol–water partition coefficient (Wildman–Crippen LogP) is 3.81. The molecule has 0 radical (unpaired) electrons. The van der Waals surface area contributed by atoms with Crippen molar-refractivity contribution in [3.8, 4) is 11.5 Å². The van der Waals surface area contributed by atoms with Crippen molar-refractivity contribution >= 4 is 17.1 Å². The molecule has 0 amide bonds. The van der Waals surface area contributed by atoms with Crippen LogP contribution in [0.1, 0.15) is 13.8 Å². The zero-order valence-electron chi connectivity index (χ0n) is 11.8. The Labute approximate surface area is 119 Å². The van der Waals surface area contributed by atoms with Crippen molar-refractivity contribution < 1.29 is 9.47 Å². The lowest BCUT2D eigenvalue weighted by atomic mass is 10.2. The number of ether oxygens (including phenoxy) is 2. The molecule has 0 atom stereocenters. The first-order valence-electron chi connectivity index (χ1n) is 6.75. The van der Waals surface area contributed by atoms with E-state index in [1.54, 1.807) is 0 Å². The zero-order valence-corrected chi connectivity index (χ0v) is 11.8. The van der Waals surface area contributed by atoms with Gasteiger partial charge in [-0.1, -0.05) is 6.07 Å². The second-order valence-electron chi connectivity index (χ2n) is 4.28. The quantitative estimate of drug-likeness (QED) is 0.785. The Balaban J connectivity index is 2.22. The van der Waals surface area contributed by atoms with Gasteiger partial charge in [0.25, 0.3) is 0 Å². The first-order chi connectivity index (χ1) is 9.72. The highest BCUT2D eigenvalue weighted by Crippen LogP contribution is 2.32. The lowest BCUT2D eigenvalue weighted by Gasteiger charge is -2.13. The van der Waals surface area contributed by atoms with Crippen molar-refractivity contribution in [1.82, 2.24) is 0 Å². The van der Waals surface area contributed by atoms with Gasteiger partial charge in [-0.3, -0.25) is 0 Å². The molecule has 0 aromatic heterocycles. The summed E-state index contributed by atoms with van der Waals surface area (Å²) in [5, 5.41) is 3.30. The van der Waals surface area contributed by atoms with E-state index in [9.17, 15) is 0 Å². The summed E-state index contributed by atoms with van der Waals surface area (Å²) in [6.45, 7) is 5.12. The summed E-state index contributed by atoms with van der Waals surface area (Å²) >= 11 is 0. The minimum atomic E-state index is 0.599. The van der Waals surface area contributed by atoms with E-state index in [2.05, 4.69) is 5.32 Å². The first kappa shape index (κ1) is 14.1. The van der Waals surface area contributed by atoms with Crippen molar-refractivity contribution in [2.45, 2.75) is 13.8 Å². The first-order valence-corrected chi connectivity index (χ1v) is 6.75.